The minimum absolute atomic E-state index is 0.351. The summed E-state index contributed by atoms with van der Waals surface area (Å²) in [5, 5.41) is 10.8. The topological polar surface area (TPSA) is 57.4 Å². The number of nitriles is 1. The van der Waals surface area contributed by atoms with Crippen molar-refractivity contribution in [2.75, 3.05) is 0 Å². The number of hydrogen-bond acceptors (Lipinski definition) is 2. The molecule has 0 radical (unpaired) electrons. The molecular weight excluding hydrogens is 308 g/mol. The van der Waals surface area contributed by atoms with Crippen LogP contribution >= 0.6 is 0 Å². The third-order valence-corrected chi connectivity index (χ3v) is 4.39. The van der Waals surface area contributed by atoms with Gasteiger partial charge in [-0.1, -0.05) is 30.3 Å². The normalized spacial score (nSPS) is 12.2. The van der Waals surface area contributed by atoms with Gasteiger partial charge in [0.15, 0.2) is 0 Å². The van der Waals surface area contributed by atoms with Gasteiger partial charge < -0.3 is 9.55 Å². The molecule has 4 heteroatoms. The van der Waals surface area contributed by atoms with Crippen LogP contribution in [0.1, 0.15) is 31.3 Å². The van der Waals surface area contributed by atoms with Gasteiger partial charge in [-0.3, -0.25) is 0 Å². The molecule has 0 bridgehead atoms. The molecule has 0 spiro atoms. The first kappa shape index (κ1) is 15.2. The zero-order chi connectivity index (χ0) is 17.4. The largest absolute Gasteiger partial charge is 0.344 e. The summed E-state index contributed by atoms with van der Waals surface area (Å²) < 4.78 is 2.23. The van der Waals surface area contributed by atoms with Gasteiger partial charge in [-0.15, -0.1) is 0 Å². The van der Waals surface area contributed by atoms with Gasteiger partial charge in [-0.05, 0) is 38.1 Å². The molecule has 1 N–H and O–H groups in total. The van der Waals surface area contributed by atoms with Crippen molar-refractivity contribution in [1.82, 2.24) is 14.5 Å². The monoisotopic (exact) mass is 326 g/mol. The smallest absolute Gasteiger partial charge is 0.149 e. The highest BCUT2D eigenvalue weighted by molar-refractivity contribution is 5.98. The Morgan fingerprint density at radius 2 is 1.92 bits per heavy atom. The SMILES string of the molecule is CC(C)n1cc(C=C(C#N)c2nc3ccccc3[nH]2)c2ccccc21. The second-order valence-electron chi connectivity index (χ2n) is 6.37. The first-order chi connectivity index (χ1) is 12.2. The minimum atomic E-state index is 0.351. The van der Waals surface area contributed by atoms with Crippen LogP contribution in [0.3, 0.4) is 0 Å². The van der Waals surface area contributed by atoms with Crippen molar-refractivity contribution in [3.8, 4) is 6.07 Å². The molecule has 0 aliphatic rings. The minimum Gasteiger partial charge on any atom is -0.344 e. The highest BCUT2D eigenvalue weighted by atomic mass is 15.0. The van der Waals surface area contributed by atoms with Crippen LogP contribution in [-0.2, 0) is 0 Å². The molecule has 0 atom stereocenters. The van der Waals surface area contributed by atoms with E-state index < -0.39 is 0 Å². The van der Waals surface area contributed by atoms with E-state index in [2.05, 4.69) is 52.8 Å². The van der Waals surface area contributed by atoms with Crippen molar-refractivity contribution in [2.24, 2.45) is 0 Å². The van der Waals surface area contributed by atoms with Crippen LogP contribution in [-0.4, -0.2) is 14.5 Å². The fraction of sp³-hybridized carbons (Fsp3) is 0.143. The number of allylic oxidation sites excluding steroid dienone is 1. The zero-order valence-corrected chi connectivity index (χ0v) is 14.2. The molecule has 0 aliphatic carbocycles. The lowest BCUT2D eigenvalue weighted by Crippen LogP contribution is -1.97. The van der Waals surface area contributed by atoms with Crippen LogP contribution in [0.2, 0.25) is 0 Å². The molecule has 0 fully saturated rings. The van der Waals surface area contributed by atoms with E-state index in [-0.39, 0.29) is 0 Å². The fourth-order valence-corrected chi connectivity index (χ4v) is 3.16. The summed E-state index contributed by atoms with van der Waals surface area (Å²) in [5.41, 5.74) is 4.53. The first-order valence-corrected chi connectivity index (χ1v) is 8.34. The van der Waals surface area contributed by atoms with E-state index in [0.29, 0.717) is 17.4 Å². The molecule has 4 nitrogen and oxygen atoms in total. The molecule has 4 aromatic rings. The molecule has 4 rings (SSSR count). The lowest BCUT2D eigenvalue weighted by Gasteiger charge is -2.08. The van der Waals surface area contributed by atoms with Gasteiger partial charge in [0, 0.05) is 28.7 Å². The molecule has 0 saturated carbocycles. The molecule has 2 aromatic carbocycles. The average Bonchev–Trinajstić information content (AvgIpc) is 3.21. The van der Waals surface area contributed by atoms with Gasteiger partial charge in [0.1, 0.15) is 11.9 Å². The number of para-hydroxylation sites is 3. The molecule has 2 heterocycles. The van der Waals surface area contributed by atoms with E-state index in [1.807, 2.05) is 42.5 Å². The molecule has 0 saturated heterocycles. The predicted octanol–water partition coefficient (Wildman–Crippen LogP) is 5.16. The molecule has 0 aliphatic heterocycles. The van der Waals surface area contributed by atoms with Gasteiger partial charge in [-0.2, -0.15) is 5.26 Å². The third-order valence-electron chi connectivity index (χ3n) is 4.39. The molecule has 0 unspecified atom stereocenters. The van der Waals surface area contributed by atoms with Crippen LogP contribution in [0.5, 0.6) is 0 Å². The van der Waals surface area contributed by atoms with Crippen LogP contribution in [0.15, 0.2) is 54.7 Å². The predicted molar refractivity (Wildman–Crippen MR) is 102 cm³/mol. The third kappa shape index (κ3) is 2.60. The Hall–Kier alpha value is -3.32. The quantitative estimate of drug-likeness (QED) is 0.528. The second-order valence-corrected chi connectivity index (χ2v) is 6.37. The lowest BCUT2D eigenvalue weighted by molar-refractivity contribution is 0.622. The highest BCUT2D eigenvalue weighted by Crippen LogP contribution is 2.28. The van der Waals surface area contributed by atoms with E-state index in [4.69, 9.17) is 0 Å². The zero-order valence-electron chi connectivity index (χ0n) is 14.2. The standard InChI is InChI=1S/C21H18N4/c1-14(2)25-13-16(17-7-3-6-10-20(17)25)11-15(12-22)21-23-18-8-4-5-9-19(18)24-21/h3-11,13-14H,1-2H3,(H,23,24). The number of fused-ring (bicyclic) bond motifs is 2. The summed E-state index contributed by atoms with van der Waals surface area (Å²) >= 11 is 0. The maximum atomic E-state index is 9.67. The van der Waals surface area contributed by atoms with Crippen LogP contribution in [0, 0.1) is 11.3 Å². The number of hydrogen-bond donors (Lipinski definition) is 1. The van der Waals surface area contributed by atoms with Gasteiger partial charge in [0.25, 0.3) is 0 Å². The average molecular weight is 326 g/mol. The van der Waals surface area contributed by atoms with Gasteiger partial charge in [0.05, 0.1) is 16.6 Å². The molecule has 25 heavy (non-hydrogen) atoms. The van der Waals surface area contributed by atoms with E-state index >= 15 is 0 Å². The molecule has 122 valence electrons. The molecular formula is C21H18N4. The Morgan fingerprint density at radius 1 is 1.16 bits per heavy atom. The van der Waals surface area contributed by atoms with Gasteiger partial charge >= 0.3 is 0 Å². The number of imidazole rings is 1. The summed E-state index contributed by atoms with van der Waals surface area (Å²) in [6.45, 7) is 4.31. The van der Waals surface area contributed by atoms with Gasteiger partial charge in [-0.25, -0.2) is 4.98 Å². The Bertz CT molecular complexity index is 1100. The number of rotatable bonds is 3. The molecule has 2 aromatic heterocycles. The van der Waals surface area contributed by atoms with Crippen molar-refractivity contribution in [3.63, 3.8) is 0 Å². The Kier molecular flexibility index (Phi) is 3.62. The number of aromatic amines is 1. The van der Waals surface area contributed by atoms with Crippen LogP contribution in [0.4, 0.5) is 0 Å². The summed E-state index contributed by atoms with van der Waals surface area (Å²) in [4.78, 5) is 7.78. The van der Waals surface area contributed by atoms with E-state index in [9.17, 15) is 5.26 Å². The summed E-state index contributed by atoms with van der Waals surface area (Å²) in [5.74, 6) is 0.602. The van der Waals surface area contributed by atoms with Crippen molar-refractivity contribution < 1.29 is 0 Å². The van der Waals surface area contributed by atoms with Crippen molar-refractivity contribution in [2.45, 2.75) is 19.9 Å². The van der Waals surface area contributed by atoms with Crippen molar-refractivity contribution in [3.05, 3.63) is 66.1 Å². The van der Waals surface area contributed by atoms with E-state index in [0.717, 1.165) is 22.0 Å². The summed E-state index contributed by atoms with van der Waals surface area (Å²) in [7, 11) is 0. The van der Waals surface area contributed by atoms with Crippen LogP contribution < -0.4 is 0 Å². The van der Waals surface area contributed by atoms with Crippen molar-refractivity contribution in [1.29, 1.82) is 5.26 Å². The molecule has 0 amide bonds. The second kappa shape index (κ2) is 5.95. The van der Waals surface area contributed by atoms with Gasteiger partial charge in [0.2, 0.25) is 0 Å². The van der Waals surface area contributed by atoms with E-state index in [1.165, 1.54) is 5.52 Å². The fourth-order valence-electron chi connectivity index (χ4n) is 3.16. The summed E-state index contributed by atoms with van der Waals surface area (Å²) in [6, 6.07) is 18.7. The number of benzene rings is 2. The first-order valence-electron chi connectivity index (χ1n) is 8.34. The number of nitrogens with zero attached hydrogens (tertiary/aromatic N) is 3. The van der Waals surface area contributed by atoms with Crippen LogP contribution in [0.25, 0.3) is 33.6 Å². The number of H-pyrrole nitrogens is 1. The summed E-state index contributed by atoms with van der Waals surface area (Å²) in [6.07, 6.45) is 4.02. The van der Waals surface area contributed by atoms with Crippen molar-refractivity contribution >= 4 is 33.6 Å². The Balaban J connectivity index is 1.88. The lowest BCUT2D eigenvalue weighted by atomic mass is 10.1. The Morgan fingerprint density at radius 3 is 2.68 bits per heavy atom. The number of aromatic nitrogens is 3. The van der Waals surface area contributed by atoms with E-state index in [1.54, 1.807) is 0 Å². The maximum Gasteiger partial charge on any atom is 0.149 e. The number of nitrogens with one attached hydrogen (secondary N) is 1. The Labute approximate surface area is 146 Å². The highest BCUT2D eigenvalue weighted by Gasteiger charge is 2.12. The maximum absolute atomic E-state index is 9.67.